The number of nitrogens with zero attached hydrogens (tertiary/aromatic N) is 4. The number of piperidine rings is 1. The number of hydrogen-bond donors (Lipinski definition) is 1. The van der Waals surface area contributed by atoms with E-state index >= 15 is 0 Å². The van der Waals surface area contributed by atoms with Crippen LogP contribution >= 0.6 is 0 Å². The molecule has 7 heteroatoms. The Balaban J connectivity index is 1.61. The molecule has 4 rings (SSSR count). The molecule has 2 aromatic rings. The number of halogens is 1. The molecule has 2 aliphatic rings. The van der Waals surface area contributed by atoms with Crippen LogP contribution in [0.2, 0.25) is 0 Å². The van der Waals surface area contributed by atoms with Crippen LogP contribution in [0.1, 0.15) is 61.9 Å². The minimum atomic E-state index is -0.340. The average molecular weight is 371 g/mol. The van der Waals surface area contributed by atoms with E-state index in [1.807, 2.05) is 20.9 Å². The smallest absolute Gasteiger partial charge is 0.293 e. The maximum absolute atomic E-state index is 13.7. The normalized spacial score (nSPS) is 24.4. The van der Waals surface area contributed by atoms with E-state index in [4.69, 9.17) is 0 Å². The molecule has 0 radical (unpaired) electrons. The first-order chi connectivity index (χ1) is 12.9. The Morgan fingerprint density at radius 1 is 1.30 bits per heavy atom. The fourth-order valence-electron chi connectivity index (χ4n) is 4.25. The Kier molecular flexibility index (Phi) is 4.72. The zero-order valence-corrected chi connectivity index (χ0v) is 16.0. The largest absolute Gasteiger partial charge is 0.336 e. The summed E-state index contributed by atoms with van der Waals surface area (Å²) in [6.45, 7) is 3.98. The molecule has 2 unspecified atom stereocenters. The van der Waals surface area contributed by atoms with Gasteiger partial charge in [0.2, 0.25) is 5.82 Å². The summed E-state index contributed by atoms with van der Waals surface area (Å²) in [7, 11) is 1.84. The maximum Gasteiger partial charge on any atom is 0.293 e. The molecular weight excluding hydrogens is 345 g/mol. The van der Waals surface area contributed by atoms with Gasteiger partial charge in [-0.05, 0) is 43.9 Å². The minimum absolute atomic E-state index is 0.0577. The van der Waals surface area contributed by atoms with Crippen LogP contribution in [-0.2, 0) is 0 Å². The molecule has 0 aliphatic carbocycles. The lowest BCUT2D eigenvalue weighted by Crippen LogP contribution is -2.48. The van der Waals surface area contributed by atoms with E-state index in [0.717, 1.165) is 12.8 Å². The van der Waals surface area contributed by atoms with Gasteiger partial charge in [-0.25, -0.2) is 14.1 Å². The third kappa shape index (κ3) is 3.48. The molecule has 144 valence electrons. The van der Waals surface area contributed by atoms with Crippen LogP contribution in [0, 0.1) is 5.82 Å². The van der Waals surface area contributed by atoms with Crippen molar-refractivity contribution in [2.75, 3.05) is 7.05 Å². The standard InChI is InChI=1S/C20H26FN5O/c1-12(2)19-23-18(24-26(19)16-6-4-5-13(21)9-16)20(27)25(3)17-10-14-7-8-15(11-17)22-14/h4-6,9,12,14-15,17,22H,7-8,10-11H2,1-3H3. The molecule has 1 amide bonds. The zero-order valence-electron chi connectivity index (χ0n) is 16.0. The molecule has 0 saturated carbocycles. The molecule has 2 aliphatic heterocycles. The molecule has 2 fully saturated rings. The first-order valence-corrected chi connectivity index (χ1v) is 9.68. The molecule has 2 bridgehead atoms. The van der Waals surface area contributed by atoms with E-state index in [1.165, 1.54) is 25.0 Å². The van der Waals surface area contributed by atoms with Crippen molar-refractivity contribution in [2.45, 2.75) is 63.6 Å². The minimum Gasteiger partial charge on any atom is -0.336 e. The fourth-order valence-corrected chi connectivity index (χ4v) is 4.25. The first kappa shape index (κ1) is 18.1. The number of amides is 1. The number of nitrogens with one attached hydrogen (secondary N) is 1. The molecule has 1 aromatic carbocycles. The molecular formula is C20H26FN5O. The summed E-state index contributed by atoms with van der Waals surface area (Å²) in [5.74, 6) is 0.382. The van der Waals surface area contributed by atoms with Gasteiger partial charge < -0.3 is 10.2 Å². The Morgan fingerprint density at radius 3 is 2.63 bits per heavy atom. The highest BCUT2D eigenvalue weighted by molar-refractivity contribution is 5.90. The van der Waals surface area contributed by atoms with Crippen LogP contribution in [0.25, 0.3) is 5.69 Å². The summed E-state index contributed by atoms with van der Waals surface area (Å²) in [6, 6.07) is 7.42. The third-order valence-electron chi connectivity index (χ3n) is 5.71. The van der Waals surface area contributed by atoms with Crippen molar-refractivity contribution in [3.8, 4) is 5.69 Å². The van der Waals surface area contributed by atoms with Gasteiger partial charge in [0.1, 0.15) is 11.6 Å². The van der Waals surface area contributed by atoms with Gasteiger partial charge in [0.15, 0.2) is 0 Å². The van der Waals surface area contributed by atoms with Crippen molar-refractivity contribution < 1.29 is 9.18 Å². The monoisotopic (exact) mass is 371 g/mol. The Bertz CT molecular complexity index is 837. The second kappa shape index (κ2) is 7.03. The van der Waals surface area contributed by atoms with Crippen molar-refractivity contribution in [1.82, 2.24) is 25.0 Å². The van der Waals surface area contributed by atoms with Gasteiger partial charge in [0, 0.05) is 31.1 Å². The Labute approximate surface area is 158 Å². The molecule has 6 nitrogen and oxygen atoms in total. The van der Waals surface area contributed by atoms with Gasteiger partial charge in [-0.2, -0.15) is 0 Å². The van der Waals surface area contributed by atoms with E-state index in [1.54, 1.807) is 21.7 Å². The highest BCUT2D eigenvalue weighted by Crippen LogP contribution is 2.30. The van der Waals surface area contributed by atoms with Crippen LogP contribution in [0.3, 0.4) is 0 Å². The van der Waals surface area contributed by atoms with Gasteiger partial charge >= 0.3 is 0 Å². The highest BCUT2D eigenvalue weighted by atomic mass is 19.1. The van der Waals surface area contributed by atoms with E-state index in [2.05, 4.69) is 15.4 Å². The number of hydrogen-bond acceptors (Lipinski definition) is 4. The lowest BCUT2D eigenvalue weighted by atomic mass is 9.98. The lowest BCUT2D eigenvalue weighted by Gasteiger charge is -2.35. The van der Waals surface area contributed by atoms with E-state index < -0.39 is 0 Å². The lowest BCUT2D eigenvalue weighted by molar-refractivity contribution is 0.0669. The molecule has 27 heavy (non-hydrogen) atoms. The molecule has 3 heterocycles. The number of fused-ring (bicyclic) bond motifs is 2. The quantitative estimate of drug-likeness (QED) is 0.898. The van der Waals surface area contributed by atoms with Crippen LogP contribution < -0.4 is 5.32 Å². The number of carbonyl (C=O) groups excluding carboxylic acids is 1. The maximum atomic E-state index is 13.7. The topological polar surface area (TPSA) is 63.1 Å². The molecule has 2 atom stereocenters. The SMILES string of the molecule is CC(C)c1nc(C(=O)N(C)C2CC3CCC(C2)N3)nn1-c1cccc(F)c1. The van der Waals surface area contributed by atoms with Crippen LogP contribution in [0.4, 0.5) is 4.39 Å². The number of carbonyl (C=O) groups is 1. The van der Waals surface area contributed by atoms with Crippen molar-refractivity contribution in [2.24, 2.45) is 0 Å². The summed E-state index contributed by atoms with van der Waals surface area (Å²) < 4.78 is 15.2. The summed E-state index contributed by atoms with van der Waals surface area (Å²) in [6.07, 6.45) is 4.32. The Hall–Kier alpha value is -2.28. The van der Waals surface area contributed by atoms with Crippen molar-refractivity contribution in [3.63, 3.8) is 0 Å². The van der Waals surface area contributed by atoms with Crippen LogP contribution in [-0.4, -0.2) is 50.7 Å². The van der Waals surface area contributed by atoms with E-state index in [0.29, 0.717) is 23.6 Å². The summed E-state index contributed by atoms with van der Waals surface area (Å²) in [5.41, 5.74) is 0.577. The molecule has 0 spiro atoms. The van der Waals surface area contributed by atoms with Crippen molar-refractivity contribution >= 4 is 5.91 Å². The third-order valence-corrected chi connectivity index (χ3v) is 5.71. The molecule has 1 N–H and O–H groups in total. The van der Waals surface area contributed by atoms with Crippen molar-refractivity contribution in [3.05, 3.63) is 41.7 Å². The zero-order chi connectivity index (χ0) is 19.1. The molecule has 1 aromatic heterocycles. The predicted octanol–water partition coefficient (Wildman–Crippen LogP) is 2.88. The average Bonchev–Trinajstić information content (AvgIpc) is 3.24. The second-order valence-corrected chi connectivity index (χ2v) is 8.02. The summed E-state index contributed by atoms with van der Waals surface area (Å²) >= 11 is 0. The van der Waals surface area contributed by atoms with Crippen molar-refractivity contribution in [1.29, 1.82) is 0 Å². The van der Waals surface area contributed by atoms with Crippen LogP contribution in [0.15, 0.2) is 24.3 Å². The van der Waals surface area contributed by atoms with Gasteiger partial charge in [0.05, 0.1) is 5.69 Å². The van der Waals surface area contributed by atoms with Gasteiger partial charge in [0.25, 0.3) is 5.91 Å². The number of benzene rings is 1. The predicted molar refractivity (Wildman–Crippen MR) is 100 cm³/mol. The summed E-state index contributed by atoms with van der Waals surface area (Å²) in [4.78, 5) is 19.4. The van der Waals surface area contributed by atoms with Gasteiger partial charge in [-0.15, -0.1) is 5.10 Å². The highest BCUT2D eigenvalue weighted by Gasteiger charge is 2.37. The molecule has 2 saturated heterocycles. The number of aromatic nitrogens is 3. The van der Waals surface area contributed by atoms with E-state index in [9.17, 15) is 9.18 Å². The van der Waals surface area contributed by atoms with Gasteiger partial charge in [-0.1, -0.05) is 19.9 Å². The Morgan fingerprint density at radius 2 is 2.00 bits per heavy atom. The summed E-state index contributed by atoms with van der Waals surface area (Å²) in [5, 5.41) is 8.04. The van der Waals surface area contributed by atoms with Crippen LogP contribution in [0.5, 0.6) is 0 Å². The number of rotatable bonds is 4. The first-order valence-electron chi connectivity index (χ1n) is 9.68. The second-order valence-electron chi connectivity index (χ2n) is 8.02. The van der Waals surface area contributed by atoms with E-state index in [-0.39, 0.29) is 29.5 Å². The van der Waals surface area contributed by atoms with Gasteiger partial charge in [-0.3, -0.25) is 4.79 Å². The fraction of sp³-hybridized carbons (Fsp3) is 0.550.